The quantitative estimate of drug-likeness (QED) is 0.774. The van der Waals surface area contributed by atoms with Gasteiger partial charge in [-0.15, -0.1) is 0 Å². The molecule has 0 amide bonds. The Morgan fingerprint density at radius 3 is 2.33 bits per heavy atom. The molecule has 0 spiro atoms. The van der Waals surface area contributed by atoms with Crippen LogP contribution in [0.5, 0.6) is 0 Å². The normalized spacial score (nSPS) is 28.4. The fourth-order valence-electron chi connectivity index (χ4n) is 3.04. The van der Waals surface area contributed by atoms with Crippen LogP contribution in [0.15, 0.2) is 0 Å². The lowest BCUT2D eigenvalue weighted by molar-refractivity contribution is 0.110. The summed E-state index contributed by atoms with van der Waals surface area (Å²) in [6, 6.07) is 0. The standard InChI is InChI=1S/C13H26N2/c1-13(11-14)6-8-15(9-7-13)10-12-4-2-3-5-12/h12H,2-11,14H2,1H3. The fourth-order valence-corrected chi connectivity index (χ4v) is 3.04. The van der Waals surface area contributed by atoms with Crippen molar-refractivity contribution in [2.45, 2.75) is 45.4 Å². The molecule has 2 aliphatic rings. The van der Waals surface area contributed by atoms with Gasteiger partial charge in [-0.3, -0.25) is 0 Å². The van der Waals surface area contributed by atoms with Crippen LogP contribution in [0.1, 0.15) is 45.4 Å². The van der Waals surface area contributed by atoms with Gasteiger partial charge in [-0.1, -0.05) is 19.8 Å². The van der Waals surface area contributed by atoms with Crippen LogP contribution >= 0.6 is 0 Å². The molecular weight excluding hydrogens is 184 g/mol. The molecular formula is C13H26N2. The van der Waals surface area contributed by atoms with Crippen molar-refractivity contribution in [2.75, 3.05) is 26.2 Å². The topological polar surface area (TPSA) is 29.3 Å². The van der Waals surface area contributed by atoms with Gasteiger partial charge < -0.3 is 10.6 Å². The van der Waals surface area contributed by atoms with Crippen LogP contribution in [-0.4, -0.2) is 31.1 Å². The monoisotopic (exact) mass is 210 g/mol. The van der Waals surface area contributed by atoms with Gasteiger partial charge in [0.25, 0.3) is 0 Å². The summed E-state index contributed by atoms with van der Waals surface area (Å²) in [5.74, 6) is 1.01. The number of nitrogens with two attached hydrogens (primary N) is 1. The van der Waals surface area contributed by atoms with Crippen LogP contribution in [0.3, 0.4) is 0 Å². The molecule has 2 N–H and O–H groups in total. The summed E-state index contributed by atoms with van der Waals surface area (Å²) in [5.41, 5.74) is 6.26. The van der Waals surface area contributed by atoms with E-state index in [-0.39, 0.29) is 0 Å². The molecule has 1 heterocycles. The van der Waals surface area contributed by atoms with Gasteiger partial charge in [0.15, 0.2) is 0 Å². The number of nitrogens with zero attached hydrogens (tertiary/aromatic N) is 1. The van der Waals surface area contributed by atoms with Gasteiger partial charge in [-0.2, -0.15) is 0 Å². The number of hydrogen-bond donors (Lipinski definition) is 1. The van der Waals surface area contributed by atoms with E-state index in [1.807, 2.05) is 0 Å². The predicted octanol–water partition coefficient (Wildman–Crippen LogP) is 2.24. The van der Waals surface area contributed by atoms with E-state index >= 15 is 0 Å². The van der Waals surface area contributed by atoms with Gasteiger partial charge in [-0.25, -0.2) is 0 Å². The third-order valence-electron chi connectivity index (χ3n) is 4.55. The van der Waals surface area contributed by atoms with Crippen molar-refractivity contribution in [3.8, 4) is 0 Å². The molecule has 1 aliphatic heterocycles. The van der Waals surface area contributed by atoms with Crippen molar-refractivity contribution in [1.29, 1.82) is 0 Å². The highest BCUT2D eigenvalue weighted by molar-refractivity contribution is 4.84. The zero-order chi connectivity index (χ0) is 10.7. The molecule has 2 rings (SSSR count). The van der Waals surface area contributed by atoms with Gasteiger partial charge >= 0.3 is 0 Å². The Balaban J connectivity index is 1.73. The summed E-state index contributed by atoms with van der Waals surface area (Å²) in [4.78, 5) is 2.67. The summed E-state index contributed by atoms with van der Waals surface area (Å²) in [7, 11) is 0. The van der Waals surface area contributed by atoms with Gasteiger partial charge in [0, 0.05) is 6.54 Å². The minimum Gasteiger partial charge on any atom is -0.330 e. The van der Waals surface area contributed by atoms with Crippen LogP contribution in [0.2, 0.25) is 0 Å². The fraction of sp³-hybridized carbons (Fsp3) is 1.00. The predicted molar refractivity (Wildman–Crippen MR) is 64.8 cm³/mol. The Kier molecular flexibility index (Phi) is 3.68. The average Bonchev–Trinajstić information content (AvgIpc) is 2.75. The molecule has 0 aromatic rings. The number of piperidine rings is 1. The Bertz CT molecular complexity index is 189. The third-order valence-corrected chi connectivity index (χ3v) is 4.55. The highest BCUT2D eigenvalue weighted by Crippen LogP contribution is 2.31. The molecule has 2 heteroatoms. The van der Waals surface area contributed by atoms with E-state index in [4.69, 9.17) is 5.73 Å². The lowest BCUT2D eigenvalue weighted by Gasteiger charge is -2.39. The van der Waals surface area contributed by atoms with E-state index in [0.29, 0.717) is 5.41 Å². The SMILES string of the molecule is CC1(CN)CCN(CC2CCCC2)CC1. The minimum absolute atomic E-state index is 0.437. The smallest absolute Gasteiger partial charge is 0.000966 e. The van der Waals surface area contributed by atoms with Crippen molar-refractivity contribution in [1.82, 2.24) is 4.90 Å². The van der Waals surface area contributed by atoms with Crippen molar-refractivity contribution < 1.29 is 0 Å². The molecule has 1 saturated heterocycles. The van der Waals surface area contributed by atoms with Gasteiger partial charge in [0.2, 0.25) is 0 Å². The van der Waals surface area contributed by atoms with E-state index in [1.165, 1.54) is 58.2 Å². The first-order valence-corrected chi connectivity index (χ1v) is 6.64. The van der Waals surface area contributed by atoms with Gasteiger partial charge in [0.05, 0.1) is 0 Å². The lowest BCUT2D eigenvalue weighted by atomic mass is 9.80. The lowest BCUT2D eigenvalue weighted by Crippen LogP contribution is -2.43. The molecule has 15 heavy (non-hydrogen) atoms. The van der Waals surface area contributed by atoms with E-state index in [2.05, 4.69) is 11.8 Å². The summed E-state index contributed by atoms with van der Waals surface area (Å²) in [5, 5.41) is 0. The third kappa shape index (κ3) is 2.94. The largest absolute Gasteiger partial charge is 0.330 e. The molecule has 1 aliphatic carbocycles. The second-order valence-electron chi connectivity index (χ2n) is 5.97. The van der Waals surface area contributed by atoms with Crippen molar-refractivity contribution in [3.63, 3.8) is 0 Å². The zero-order valence-corrected chi connectivity index (χ0v) is 10.2. The maximum atomic E-state index is 5.83. The Hall–Kier alpha value is -0.0800. The molecule has 0 atom stereocenters. The maximum absolute atomic E-state index is 5.83. The van der Waals surface area contributed by atoms with E-state index in [1.54, 1.807) is 0 Å². The first-order chi connectivity index (χ1) is 7.22. The van der Waals surface area contributed by atoms with Crippen LogP contribution in [0, 0.1) is 11.3 Å². The molecule has 2 nitrogen and oxygen atoms in total. The molecule has 1 saturated carbocycles. The first kappa shape index (κ1) is 11.4. The molecule has 0 unspecified atom stereocenters. The maximum Gasteiger partial charge on any atom is 0.000966 e. The Morgan fingerprint density at radius 1 is 1.20 bits per heavy atom. The van der Waals surface area contributed by atoms with Crippen LogP contribution in [-0.2, 0) is 0 Å². The van der Waals surface area contributed by atoms with Crippen molar-refractivity contribution in [2.24, 2.45) is 17.1 Å². The van der Waals surface area contributed by atoms with E-state index in [9.17, 15) is 0 Å². The van der Waals surface area contributed by atoms with E-state index in [0.717, 1.165) is 12.5 Å². The molecule has 0 radical (unpaired) electrons. The molecule has 88 valence electrons. The number of hydrogen-bond acceptors (Lipinski definition) is 2. The summed E-state index contributed by atoms with van der Waals surface area (Å²) in [6.45, 7) is 7.14. The van der Waals surface area contributed by atoms with Crippen LogP contribution in [0.4, 0.5) is 0 Å². The second-order valence-corrected chi connectivity index (χ2v) is 5.97. The van der Waals surface area contributed by atoms with Crippen LogP contribution in [0.25, 0.3) is 0 Å². The Labute approximate surface area is 94.2 Å². The number of likely N-dealkylation sites (tertiary alicyclic amines) is 1. The highest BCUT2D eigenvalue weighted by atomic mass is 15.1. The first-order valence-electron chi connectivity index (χ1n) is 6.64. The summed E-state index contributed by atoms with van der Waals surface area (Å²) < 4.78 is 0. The van der Waals surface area contributed by atoms with Gasteiger partial charge in [0.1, 0.15) is 0 Å². The number of rotatable bonds is 3. The minimum atomic E-state index is 0.437. The molecule has 2 fully saturated rings. The average molecular weight is 210 g/mol. The van der Waals surface area contributed by atoms with Gasteiger partial charge in [-0.05, 0) is 56.7 Å². The zero-order valence-electron chi connectivity index (χ0n) is 10.2. The van der Waals surface area contributed by atoms with Crippen molar-refractivity contribution >= 4 is 0 Å². The molecule has 0 bridgehead atoms. The van der Waals surface area contributed by atoms with E-state index < -0.39 is 0 Å². The Morgan fingerprint density at radius 2 is 1.80 bits per heavy atom. The molecule has 0 aromatic heterocycles. The van der Waals surface area contributed by atoms with Crippen molar-refractivity contribution in [3.05, 3.63) is 0 Å². The summed E-state index contributed by atoms with van der Waals surface area (Å²) >= 11 is 0. The molecule has 0 aromatic carbocycles. The second kappa shape index (κ2) is 4.84. The highest BCUT2D eigenvalue weighted by Gasteiger charge is 2.29. The summed E-state index contributed by atoms with van der Waals surface area (Å²) in [6.07, 6.45) is 8.50. The van der Waals surface area contributed by atoms with Crippen LogP contribution < -0.4 is 5.73 Å².